The first-order valence-electron chi connectivity index (χ1n) is 7.47. The third-order valence-corrected chi connectivity index (χ3v) is 4.14. The minimum Gasteiger partial charge on any atom is -0.328 e. The van der Waals surface area contributed by atoms with Gasteiger partial charge in [0.05, 0.1) is 17.5 Å². The second-order valence-corrected chi connectivity index (χ2v) is 6.01. The zero-order valence-electron chi connectivity index (χ0n) is 12.9. The molecule has 0 fully saturated rings. The number of imidazole rings is 1. The first-order chi connectivity index (χ1) is 9.49. The maximum atomic E-state index is 12.4. The summed E-state index contributed by atoms with van der Waals surface area (Å²) in [7, 11) is 0. The van der Waals surface area contributed by atoms with E-state index in [4.69, 9.17) is 0 Å². The number of para-hydroxylation sites is 2. The second kappa shape index (κ2) is 5.78. The zero-order valence-corrected chi connectivity index (χ0v) is 12.9. The maximum Gasteiger partial charge on any atom is 0.145 e. The smallest absolute Gasteiger partial charge is 0.145 e. The first kappa shape index (κ1) is 14.8. The first-order valence-corrected chi connectivity index (χ1v) is 7.47. The van der Waals surface area contributed by atoms with Gasteiger partial charge in [-0.15, -0.1) is 0 Å². The molecule has 0 spiro atoms. The number of nitrogens with zero attached hydrogens (tertiary/aromatic N) is 2. The molecule has 0 radical (unpaired) electrons. The predicted molar refractivity (Wildman–Crippen MR) is 82.8 cm³/mol. The Labute approximate surface area is 121 Å². The van der Waals surface area contributed by atoms with Crippen LogP contribution in [-0.4, -0.2) is 15.3 Å². The molecule has 0 aliphatic rings. The normalized spacial score (nSPS) is 12.0. The Morgan fingerprint density at radius 1 is 1.25 bits per heavy atom. The van der Waals surface area contributed by atoms with Crippen LogP contribution in [0.15, 0.2) is 24.3 Å². The van der Waals surface area contributed by atoms with Crippen LogP contribution in [0.4, 0.5) is 0 Å². The monoisotopic (exact) mass is 272 g/mol. The molecule has 1 aromatic carbocycles. The van der Waals surface area contributed by atoms with Gasteiger partial charge in [-0.05, 0) is 25.0 Å². The Balaban J connectivity index is 2.38. The minimum atomic E-state index is -0.269. The van der Waals surface area contributed by atoms with Crippen LogP contribution in [0.2, 0.25) is 0 Å². The average Bonchev–Trinajstić information content (AvgIpc) is 2.77. The molecular formula is C17H24N2O. The number of carbonyl (C=O) groups excluding carboxylic acids is 1. The van der Waals surface area contributed by atoms with Gasteiger partial charge in [0.15, 0.2) is 0 Å². The summed E-state index contributed by atoms with van der Waals surface area (Å²) in [5, 5.41) is 0. The number of Topliss-reactive ketones (excluding diaryl/α,β-unsaturated/α-hetero) is 1. The van der Waals surface area contributed by atoms with E-state index in [2.05, 4.69) is 29.5 Å². The minimum absolute atomic E-state index is 0.269. The largest absolute Gasteiger partial charge is 0.328 e. The molecule has 0 atom stereocenters. The van der Waals surface area contributed by atoms with E-state index in [1.807, 2.05) is 32.0 Å². The predicted octanol–water partition coefficient (Wildman–Crippen LogP) is 3.99. The van der Waals surface area contributed by atoms with Gasteiger partial charge in [-0.25, -0.2) is 4.98 Å². The summed E-state index contributed by atoms with van der Waals surface area (Å²) in [4.78, 5) is 17.1. The number of benzene rings is 1. The summed E-state index contributed by atoms with van der Waals surface area (Å²) >= 11 is 0. The standard InChI is InChI=1S/C17H24N2O/c1-5-11-19-14-10-8-7-9-13(14)18-16(19)12-15(20)17(3,4)6-2/h7-10H,5-6,11-12H2,1-4H3. The zero-order chi connectivity index (χ0) is 14.8. The van der Waals surface area contributed by atoms with Crippen molar-refractivity contribution in [2.75, 3.05) is 0 Å². The van der Waals surface area contributed by atoms with Gasteiger partial charge >= 0.3 is 0 Å². The fourth-order valence-electron chi connectivity index (χ4n) is 2.31. The van der Waals surface area contributed by atoms with E-state index < -0.39 is 0 Å². The third-order valence-electron chi connectivity index (χ3n) is 4.14. The molecule has 3 heteroatoms. The lowest BCUT2D eigenvalue weighted by atomic mass is 9.84. The number of rotatable bonds is 6. The van der Waals surface area contributed by atoms with Crippen LogP contribution in [0.1, 0.15) is 46.4 Å². The summed E-state index contributed by atoms with van der Waals surface area (Å²) in [6.45, 7) is 9.16. The summed E-state index contributed by atoms with van der Waals surface area (Å²) in [6, 6.07) is 8.11. The summed E-state index contributed by atoms with van der Waals surface area (Å²) in [6.07, 6.45) is 2.33. The molecule has 3 nitrogen and oxygen atoms in total. The summed E-state index contributed by atoms with van der Waals surface area (Å²) < 4.78 is 2.19. The Morgan fingerprint density at radius 3 is 2.60 bits per heavy atom. The number of ketones is 1. The molecule has 0 amide bonds. The molecule has 1 heterocycles. The van der Waals surface area contributed by atoms with E-state index in [1.54, 1.807) is 0 Å². The van der Waals surface area contributed by atoms with Crippen LogP contribution in [0.5, 0.6) is 0 Å². The molecule has 2 rings (SSSR count). The van der Waals surface area contributed by atoms with Crippen molar-refractivity contribution in [1.29, 1.82) is 0 Å². The van der Waals surface area contributed by atoms with Crippen LogP contribution in [0, 0.1) is 5.41 Å². The van der Waals surface area contributed by atoms with E-state index >= 15 is 0 Å². The fourth-order valence-corrected chi connectivity index (χ4v) is 2.31. The Kier molecular flexibility index (Phi) is 4.26. The van der Waals surface area contributed by atoms with E-state index in [1.165, 1.54) is 0 Å². The van der Waals surface area contributed by atoms with Crippen molar-refractivity contribution >= 4 is 16.8 Å². The lowest BCUT2D eigenvalue weighted by Gasteiger charge is -2.20. The SMILES string of the molecule is CCCn1c(CC(=O)C(C)(C)CC)nc2ccccc21. The van der Waals surface area contributed by atoms with Crippen molar-refractivity contribution in [2.24, 2.45) is 5.41 Å². The van der Waals surface area contributed by atoms with Gasteiger partial charge in [0, 0.05) is 12.0 Å². The van der Waals surface area contributed by atoms with Crippen LogP contribution < -0.4 is 0 Å². The Bertz CT molecular complexity index is 610. The molecule has 0 saturated heterocycles. The number of fused-ring (bicyclic) bond motifs is 1. The van der Waals surface area contributed by atoms with Gasteiger partial charge in [0.2, 0.25) is 0 Å². The molecule has 0 unspecified atom stereocenters. The van der Waals surface area contributed by atoms with Crippen molar-refractivity contribution in [3.8, 4) is 0 Å². The molecule has 0 N–H and O–H groups in total. The number of hydrogen-bond acceptors (Lipinski definition) is 2. The van der Waals surface area contributed by atoms with E-state index in [0.29, 0.717) is 6.42 Å². The van der Waals surface area contributed by atoms with Gasteiger partial charge in [0.1, 0.15) is 11.6 Å². The maximum absolute atomic E-state index is 12.4. The van der Waals surface area contributed by atoms with Gasteiger partial charge < -0.3 is 4.57 Å². The van der Waals surface area contributed by atoms with Crippen LogP contribution in [-0.2, 0) is 17.8 Å². The summed E-state index contributed by atoms with van der Waals surface area (Å²) in [5.74, 6) is 1.17. The van der Waals surface area contributed by atoms with E-state index in [-0.39, 0.29) is 11.2 Å². The van der Waals surface area contributed by atoms with Gasteiger partial charge in [-0.1, -0.05) is 39.8 Å². The molecule has 108 valence electrons. The van der Waals surface area contributed by atoms with Gasteiger partial charge in [-0.2, -0.15) is 0 Å². The van der Waals surface area contributed by atoms with Crippen LogP contribution in [0.25, 0.3) is 11.0 Å². The highest BCUT2D eigenvalue weighted by Gasteiger charge is 2.26. The Morgan fingerprint density at radius 2 is 1.95 bits per heavy atom. The molecule has 20 heavy (non-hydrogen) atoms. The molecule has 0 aliphatic carbocycles. The van der Waals surface area contributed by atoms with Crippen LogP contribution >= 0.6 is 0 Å². The Hall–Kier alpha value is -1.64. The number of carbonyl (C=O) groups is 1. The number of aryl methyl sites for hydroxylation is 1. The van der Waals surface area contributed by atoms with Gasteiger partial charge in [-0.3, -0.25) is 4.79 Å². The highest BCUT2D eigenvalue weighted by Crippen LogP contribution is 2.24. The number of aromatic nitrogens is 2. The second-order valence-electron chi connectivity index (χ2n) is 6.01. The molecular weight excluding hydrogens is 248 g/mol. The molecule has 0 bridgehead atoms. The average molecular weight is 272 g/mol. The van der Waals surface area contributed by atoms with Crippen molar-refractivity contribution in [3.63, 3.8) is 0 Å². The van der Waals surface area contributed by atoms with Crippen LogP contribution in [0.3, 0.4) is 0 Å². The van der Waals surface area contributed by atoms with Crippen molar-refractivity contribution in [3.05, 3.63) is 30.1 Å². The summed E-state index contributed by atoms with van der Waals surface area (Å²) in [5.41, 5.74) is 1.85. The van der Waals surface area contributed by atoms with Crippen molar-refractivity contribution < 1.29 is 4.79 Å². The molecule has 1 aromatic heterocycles. The fraction of sp³-hybridized carbons (Fsp3) is 0.529. The van der Waals surface area contributed by atoms with Gasteiger partial charge in [0.25, 0.3) is 0 Å². The molecule has 0 aliphatic heterocycles. The molecule has 2 aromatic rings. The van der Waals surface area contributed by atoms with E-state index in [9.17, 15) is 4.79 Å². The third kappa shape index (κ3) is 2.77. The quantitative estimate of drug-likeness (QED) is 0.796. The highest BCUT2D eigenvalue weighted by atomic mass is 16.1. The number of hydrogen-bond donors (Lipinski definition) is 0. The van der Waals surface area contributed by atoms with Crippen molar-refractivity contribution in [2.45, 2.75) is 53.5 Å². The highest BCUT2D eigenvalue weighted by molar-refractivity contribution is 5.86. The van der Waals surface area contributed by atoms with Crippen molar-refractivity contribution in [1.82, 2.24) is 9.55 Å². The topological polar surface area (TPSA) is 34.9 Å². The lowest BCUT2D eigenvalue weighted by Crippen LogP contribution is -2.26. The lowest BCUT2D eigenvalue weighted by molar-refractivity contribution is -0.126. The molecule has 0 saturated carbocycles. The van der Waals surface area contributed by atoms with E-state index in [0.717, 1.165) is 36.2 Å².